The number of halogens is 4. The summed E-state index contributed by atoms with van der Waals surface area (Å²) in [6.45, 7) is 4.93. The molecule has 2 saturated heterocycles. The second-order valence-corrected chi connectivity index (χ2v) is 12.7. The van der Waals surface area contributed by atoms with Crippen LogP contribution in [0.25, 0.3) is 11.0 Å². The molecule has 0 bridgehead atoms. The minimum Gasteiger partial charge on any atom is -0.427 e. The summed E-state index contributed by atoms with van der Waals surface area (Å²) in [5, 5.41) is 9.19. The van der Waals surface area contributed by atoms with Gasteiger partial charge in [-0.2, -0.15) is 5.26 Å². The molecule has 2 aromatic rings. The molecule has 2 amide bonds. The molecule has 1 aromatic carbocycles. The first-order valence-corrected chi connectivity index (χ1v) is 15.5. The normalized spacial score (nSPS) is 17.7. The minimum absolute atomic E-state index is 0.0258. The van der Waals surface area contributed by atoms with E-state index in [4.69, 9.17) is 4.74 Å². The summed E-state index contributed by atoms with van der Waals surface area (Å²) >= 11 is 3.92. The van der Waals surface area contributed by atoms with Crippen LogP contribution >= 0.6 is 45.5 Å². The highest BCUT2D eigenvalue weighted by Crippen LogP contribution is 2.32. The fourth-order valence-electron chi connectivity index (χ4n) is 5.24. The molecule has 2 aliphatic heterocycles. The highest BCUT2D eigenvalue weighted by molar-refractivity contribution is 14.1. The number of alkyl halides is 1. The third kappa shape index (κ3) is 6.92. The third-order valence-electron chi connectivity index (χ3n) is 7.36. The molecule has 2 fully saturated rings. The van der Waals surface area contributed by atoms with Gasteiger partial charge in [0.05, 0.1) is 28.4 Å². The molecule has 3 heterocycles. The molecule has 0 spiro atoms. The molecule has 13 heteroatoms. The van der Waals surface area contributed by atoms with Crippen molar-refractivity contribution in [2.45, 2.75) is 68.3 Å². The smallest absolute Gasteiger partial charge is 0.411 e. The number of likely N-dealkylation sites (tertiary alicyclic amines) is 2. The second-order valence-electron chi connectivity index (χ2n) is 9.99. The van der Waals surface area contributed by atoms with Crippen LogP contribution in [0.15, 0.2) is 6.07 Å². The monoisotopic (exact) mass is 768 g/mol. The minimum atomic E-state index is -0.930. The number of amides is 2. The Morgan fingerprint density at radius 2 is 1.92 bits per heavy atom. The molecule has 0 aliphatic carbocycles. The maximum Gasteiger partial charge on any atom is 0.411 e. The standard InChI is InChI=1S/C26H32F2I2N6O3/c1-2-6-18(29)14-21(37)35(25-32-23-20(27)13-17(15-31)22(28)24(23)36(25)30)16-39-26(38)34-11-7-19(8-12-34)33-9-4-3-5-10-33/h13,18-19H,2-12,14,16H2,1H3. The Hall–Kier alpha value is -1.80. The van der Waals surface area contributed by atoms with Crippen LogP contribution in [0.4, 0.5) is 19.5 Å². The molecule has 1 unspecified atom stereocenters. The molecule has 0 radical (unpaired) electrons. The summed E-state index contributed by atoms with van der Waals surface area (Å²) < 4.78 is 36.5. The van der Waals surface area contributed by atoms with E-state index in [-0.39, 0.29) is 33.2 Å². The van der Waals surface area contributed by atoms with Crippen LogP contribution in [0.3, 0.4) is 0 Å². The first kappa shape index (κ1) is 30.2. The number of ether oxygens (including phenoxy) is 1. The molecular formula is C26H32F2I2N6O3. The highest BCUT2D eigenvalue weighted by atomic mass is 127. The van der Waals surface area contributed by atoms with Crippen molar-refractivity contribution < 1.29 is 23.1 Å². The van der Waals surface area contributed by atoms with Crippen LogP contribution in [0.1, 0.15) is 63.9 Å². The van der Waals surface area contributed by atoms with Gasteiger partial charge in [0.15, 0.2) is 18.4 Å². The molecule has 0 N–H and O–H groups in total. The fourth-order valence-corrected chi connectivity index (χ4v) is 7.05. The van der Waals surface area contributed by atoms with Gasteiger partial charge in [-0.25, -0.2) is 26.2 Å². The Labute approximate surface area is 254 Å². The van der Waals surface area contributed by atoms with Gasteiger partial charge in [-0.1, -0.05) is 42.4 Å². The Balaban J connectivity index is 1.51. The lowest BCUT2D eigenvalue weighted by molar-refractivity contribution is -0.119. The van der Waals surface area contributed by atoms with Gasteiger partial charge in [0.25, 0.3) is 0 Å². The summed E-state index contributed by atoms with van der Waals surface area (Å²) in [6.07, 6.45) is 6.75. The van der Waals surface area contributed by atoms with E-state index in [0.29, 0.717) is 19.1 Å². The van der Waals surface area contributed by atoms with Crippen LogP contribution in [0.2, 0.25) is 0 Å². The van der Waals surface area contributed by atoms with Crippen molar-refractivity contribution in [1.82, 2.24) is 17.6 Å². The summed E-state index contributed by atoms with van der Waals surface area (Å²) in [6, 6.07) is 2.89. The maximum atomic E-state index is 15.0. The molecule has 2 aliphatic rings. The second kappa shape index (κ2) is 13.7. The maximum absolute atomic E-state index is 15.0. The number of aromatic nitrogens is 2. The van der Waals surface area contributed by atoms with E-state index in [9.17, 15) is 23.6 Å². The topological polar surface area (TPSA) is 94.7 Å². The van der Waals surface area contributed by atoms with Crippen LogP contribution in [0, 0.1) is 23.0 Å². The molecule has 1 aromatic heterocycles. The lowest BCUT2D eigenvalue weighted by atomic mass is 10.0. The quantitative estimate of drug-likeness (QED) is 0.193. The Morgan fingerprint density at radius 3 is 2.56 bits per heavy atom. The van der Waals surface area contributed by atoms with Crippen molar-refractivity contribution in [3.05, 3.63) is 23.3 Å². The zero-order valence-electron chi connectivity index (χ0n) is 21.8. The van der Waals surface area contributed by atoms with Gasteiger partial charge in [0, 0.05) is 29.5 Å². The lowest BCUT2D eigenvalue weighted by Crippen LogP contribution is -2.49. The van der Waals surface area contributed by atoms with Crippen molar-refractivity contribution in [2.24, 2.45) is 0 Å². The highest BCUT2D eigenvalue weighted by Gasteiger charge is 2.31. The number of hydrogen-bond donors (Lipinski definition) is 0. The number of anilines is 1. The molecule has 1 atom stereocenters. The van der Waals surface area contributed by atoms with Crippen LogP contribution < -0.4 is 4.90 Å². The number of imidazole rings is 1. The number of piperidine rings is 2. The molecule has 39 heavy (non-hydrogen) atoms. The lowest BCUT2D eigenvalue weighted by Gasteiger charge is -2.39. The van der Waals surface area contributed by atoms with Crippen molar-refractivity contribution in [1.29, 1.82) is 5.26 Å². The van der Waals surface area contributed by atoms with E-state index >= 15 is 0 Å². The van der Waals surface area contributed by atoms with E-state index in [0.717, 1.165) is 49.7 Å². The van der Waals surface area contributed by atoms with Gasteiger partial charge in [-0.3, -0.25) is 4.79 Å². The summed E-state index contributed by atoms with van der Waals surface area (Å²) in [5.41, 5.74) is -1.01. The third-order valence-corrected chi connectivity index (χ3v) is 9.33. The summed E-state index contributed by atoms with van der Waals surface area (Å²) in [7, 11) is 0. The van der Waals surface area contributed by atoms with Crippen molar-refractivity contribution in [3.63, 3.8) is 0 Å². The van der Waals surface area contributed by atoms with Gasteiger partial charge in [0.1, 0.15) is 17.1 Å². The zero-order chi connectivity index (χ0) is 28.1. The molecule has 9 nitrogen and oxygen atoms in total. The number of hydrogen-bond acceptors (Lipinski definition) is 6. The number of rotatable bonds is 8. The Morgan fingerprint density at radius 1 is 1.23 bits per heavy atom. The van der Waals surface area contributed by atoms with Crippen LogP contribution in [-0.4, -0.2) is 72.4 Å². The van der Waals surface area contributed by atoms with Gasteiger partial charge in [0.2, 0.25) is 11.9 Å². The van der Waals surface area contributed by atoms with Crippen molar-refractivity contribution in [3.8, 4) is 6.07 Å². The van der Waals surface area contributed by atoms with E-state index in [1.54, 1.807) is 33.8 Å². The number of benzene rings is 1. The van der Waals surface area contributed by atoms with Gasteiger partial charge < -0.3 is 14.5 Å². The predicted molar refractivity (Wildman–Crippen MR) is 160 cm³/mol. The van der Waals surface area contributed by atoms with E-state index in [1.807, 2.05) is 6.92 Å². The molecule has 4 rings (SSSR count). The summed E-state index contributed by atoms with van der Waals surface area (Å²) in [5.74, 6) is -2.26. The van der Waals surface area contributed by atoms with Crippen molar-refractivity contribution >= 4 is 74.4 Å². The first-order chi connectivity index (χ1) is 18.7. The molecule has 0 saturated carbocycles. The van der Waals surface area contributed by atoms with E-state index in [2.05, 4.69) is 32.5 Å². The Bertz CT molecular complexity index is 1240. The van der Waals surface area contributed by atoms with Crippen LogP contribution in [0.5, 0.6) is 0 Å². The number of nitrogens with zero attached hydrogens (tertiary/aromatic N) is 6. The average molecular weight is 768 g/mol. The number of carbonyl (C=O) groups is 2. The van der Waals surface area contributed by atoms with Gasteiger partial charge in [-0.15, -0.1) is 0 Å². The van der Waals surface area contributed by atoms with Crippen molar-refractivity contribution in [2.75, 3.05) is 37.8 Å². The number of nitriles is 1. The van der Waals surface area contributed by atoms with Crippen LogP contribution in [-0.2, 0) is 9.53 Å². The predicted octanol–water partition coefficient (Wildman–Crippen LogP) is 5.76. The largest absolute Gasteiger partial charge is 0.427 e. The molecular weight excluding hydrogens is 736 g/mol. The van der Waals surface area contributed by atoms with E-state index < -0.39 is 30.0 Å². The Kier molecular flexibility index (Phi) is 10.6. The average Bonchev–Trinajstić information content (AvgIpc) is 3.29. The fraction of sp³-hybridized carbons (Fsp3) is 0.615. The summed E-state index contributed by atoms with van der Waals surface area (Å²) in [4.78, 5) is 35.9. The van der Waals surface area contributed by atoms with E-state index in [1.165, 1.54) is 22.0 Å². The SMILES string of the molecule is CCCC(I)CC(=O)N(COC(=O)N1CCC(N2CCCCC2)CC1)c1nc2c(F)cc(C#N)c(F)c2n1I. The number of fused-ring (bicyclic) bond motifs is 1. The molecule has 212 valence electrons. The number of carbonyl (C=O) groups excluding carboxylic acids is 2. The van der Waals surface area contributed by atoms with Gasteiger partial charge >= 0.3 is 6.09 Å². The first-order valence-electron chi connectivity index (χ1n) is 13.3. The zero-order valence-corrected chi connectivity index (χ0v) is 26.2. The van der Waals surface area contributed by atoms with Gasteiger partial charge in [-0.05, 0) is 51.3 Å².